The van der Waals surface area contributed by atoms with Gasteiger partial charge in [-0.1, -0.05) is 11.8 Å². The second-order valence-electron chi connectivity index (χ2n) is 4.54. The molecule has 0 spiro atoms. The van der Waals surface area contributed by atoms with Crippen LogP contribution in [0.25, 0.3) is 0 Å². The Bertz CT molecular complexity index is 488. The molecule has 1 fully saturated rings. The minimum atomic E-state index is -0.901. The van der Waals surface area contributed by atoms with Gasteiger partial charge in [-0.2, -0.15) is 0 Å². The van der Waals surface area contributed by atoms with E-state index >= 15 is 0 Å². The van der Waals surface area contributed by atoms with Crippen molar-refractivity contribution in [2.45, 2.75) is 37.4 Å². The van der Waals surface area contributed by atoms with Gasteiger partial charge in [0.1, 0.15) is 0 Å². The molecule has 9 heteroatoms. The third-order valence-corrected chi connectivity index (χ3v) is 3.93. The van der Waals surface area contributed by atoms with Gasteiger partial charge in [0, 0.05) is 13.1 Å². The number of amides is 1. The number of thioether (sulfide) groups is 1. The molecular weight excluding hydrogens is 282 g/mol. The molecule has 0 radical (unpaired) electrons. The van der Waals surface area contributed by atoms with Gasteiger partial charge in [0.25, 0.3) is 0 Å². The molecule has 1 aliphatic rings. The van der Waals surface area contributed by atoms with Crippen LogP contribution in [0.3, 0.4) is 0 Å². The molecule has 1 aromatic heterocycles. The molecule has 2 rings (SSSR count). The number of carbonyl (C=O) groups excluding carboxylic acids is 1. The predicted molar refractivity (Wildman–Crippen MR) is 71.3 cm³/mol. The molecule has 1 heterocycles. The first-order chi connectivity index (χ1) is 9.61. The smallest absolute Gasteiger partial charge is 0.305 e. The average molecular weight is 299 g/mol. The van der Waals surface area contributed by atoms with Crippen molar-refractivity contribution in [2.75, 3.05) is 18.8 Å². The van der Waals surface area contributed by atoms with E-state index in [2.05, 4.69) is 15.5 Å². The Labute approximate surface area is 120 Å². The Balaban J connectivity index is 1.83. The third-order valence-electron chi connectivity index (χ3n) is 3.01. The molecule has 0 saturated heterocycles. The standard InChI is InChI=1S/C11H17N5O3S/c1-2-15(6-5-10(18)19)9(17)7-20-11-12-13-14-16(11)8-3-4-8/h8H,2-7H2,1H3,(H,18,19). The lowest BCUT2D eigenvalue weighted by molar-refractivity contribution is -0.138. The molecule has 1 aliphatic carbocycles. The van der Waals surface area contributed by atoms with E-state index < -0.39 is 5.97 Å². The summed E-state index contributed by atoms with van der Waals surface area (Å²) in [7, 11) is 0. The van der Waals surface area contributed by atoms with Gasteiger partial charge < -0.3 is 10.0 Å². The Morgan fingerprint density at radius 1 is 1.50 bits per heavy atom. The summed E-state index contributed by atoms with van der Waals surface area (Å²) in [4.78, 5) is 24.1. The number of rotatable bonds is 8. The molecule has 0 aromatic carbocycles. The molecule has 0 bridgehead atoms. The van der Waals surface area contributed by atoms with Crippen LogP contribution in [-0.4, -0.2) is 60.9 Å². The lowest BCUT2D eigenvalue weighted by Crippen LogP contribution is -2.34. The number of nitrogens with zero attached hydrogens (tertiary/aromatic N) is 5. The van der Waals surface area contributed by atoms with Crippen molar-refractivity contribution < 1.29 is 14.7 Å². The highest BCUT2D eigenvalue weighted by Gasteiger charge is 2.28. The molecule has 20 heavy (non-hydrogen) atoms. The number of hydrogen-bond donors (Lipinski definition) is 1. The van der Waals surface area contributed by atoms with Crippen LogP contribution in [0.1, 0.15) is 32.2 Å². The van der Waals surface area contributed by atoms with Crippen LogP contribution in [0, 0.1) is 0 Å². The van der Waals surface area contributed by atoms with Crippen molar-refractivity contribution in [3.63, 3.8) is 0 Å². The summed E-state index contributed by atoms with van der Waals surface area (Å²) in [6.07, 6.45) is 2.11. The summed E-state index contributed by atoms with van der Waals surface area (Å²) in [5.41, 5.74) is 0. The minimum Gasteiger partial charge on any atom is -0.481 e. The Morgan fingerprint density at radius 3 is 2.85 bits per heavy atom. The number of aromatic nitrogens is 4. The second kappa shape index (κ2) is 6.69. The average Bonchev–Trinajstić information content (AvgIpc) is 3.15. The van der Waals surface area contributed by atoms with Crippen LogP contribution >= 0.6 is 11.8 Å². The number of carboxylic acids is 1. The molecular formula is C11H17N5O3S. The van der Waals surface area contributed by atoms with Crippen LogP contribution in [-0.2, 0) is 9.59 Å². The molecule has 1 N–H and O–H groups in total. The Hall–Kier alpha value is -1.64. The molecule has 1 aromatic rings. The van der Waals surface area contributed by atoms with Crippen LogP contribution in [0.5, 0.6) is 0 Å². The highest BCUT2D eigenvalue weighted by molar-refractivity contribution is 7.99. The molecule has 1 saturated carbocycles. The van der Waals surface area contributed by atoms with E-state index in [0.717, 1.165) is 12.8 Å². The quantitative estimate of drug-likeness (QED) is 0.694. The van der Waals surface area contributed by atoms with Crippen molar-refractivity contribution in [2.24, 2.45) is 0 Å². The molecule has 0 aliphatic heterocycles. The number of carbonyl (C=O) groups is 2. The lowest BCUT2D eigenvalue weighted by Gasteiger charge is -2.19. The summed E-state index contributed by atoms with van der Waals surface area (Å²) >= 11 is 1.30. The van der Waals surface area contributed by atoms with Crippen LogP contribution in [0.2, 0.25) is 0 Å². The van der Waals surface area contributed by atoms with E-state index in [1.54, 1.807) is 4.68 Å². The maximum Gasteiger partial charge on any atom is 0.305 e. The van der Waals surface area contributed by atoms with E-state index in [-0.39, 0.29) is 24.6 Å². The fourth-order valence-corrected chi connectivity index (χ4v) is 2.58. The second-order valence-corrected chi connectivity index (χ2v) is 5.49. The number of carboxylic acid groups (broad SMARTS) is 1. The van der Waals surface area contributed by atoms with Gasteiger partial charge in [-0.05, 0) is 30.2 Å². The molecule has 1 amide bonds. The number of tetrazole rings is 1. The maximum atomic E-state index is 12.0. The van der Waals surface area contributed by atoms with Gasteiger partial charge in [0.05, 0.1) is 18.2 Å². The molecule has 0 unspecified atom stereocenters. The first kappa shape index (κ1) is 14.8. The van der Waals surface area contributed by atoms with Crippen LogP contribution in [0.4, 0.5) is 0 Å². The predicted octanol–water partition coefficient (Wildman–Crippen LogP) is 0.423. The monoisotopic (exact) mass is 299 g/mol. The van der Waals surface area contributed by atoms with Gasteiger partial charge in [0.15, 0.2) is 0 Å². The fourth-order valence-electron chi connectivity index (χ4n) is 1.74. The highest BCUT2D eigenvalue weighted by Crippen LogP contribution is 2.36. The zero-order valence-electron chi connectivity index (χ0n) is 11.2. The number of hydrogen-bond acceptors (Lipinski definition) is 6. The fraction of sp³-hybridized carbons (Fsp3) is 0.727. The zero-order chi connectivity index (χ0) is 14.5. The van der Waals surface area contributed by atoms with E-state index in [0.29, 0.717) is 17.7 Å². The molecule has 110 valence electrons. The number of aliphatic carboxylic acids is 1. The van der Waals surface area contributed by atoms with E-state index in [1.807, 2.05) is 6.92 Å². The first-order valence-electron chi connectivity index (χ1n) is 6.52. The van der Waals surface area contributed by atoms with Crippen molar-refractivity contribution in [3.05, 3.63) is 0 Å². The van der Waals surface area contributed by atoms with Gasteiger partial charge in [-0.3, -0.25) is 9.59 Å². The van der Waals surface area contributed by atoms with Gasteiger partial charge in [0.2, 0.25) is 11.1 Å². The highest BCUT2D eigenvalue weighted by atomic mass is 32.2. The zero-order valence-corrected chi connectivity index (χ0v) is 12.0. The minimum absolute atomic E-state index is 0.0376. The van der Waals surface area contributed by atoms with Crippen LogP contribution in [0.15, 0.2) is 5.16 Å². The first-order valence-corrected chi connectivity index (χ1v) is 7.50. The summed E-state index contributed by atoms with van der Waals surface area (Å²) in [5.74, 6) is -0.772. The van der Waals surface area contributed by atoms with Crippen molar-refractivity contribution >= 4 is 23.6 Å². The lowest BCUT2D eigenvalue weighted by atomic mass is 10.4. The molecule has 0 atom stereocenters. The topological polar surface area (TPSA) is 101 Å². The Morgan fingerprint density at radius 2 is 2.25 bits per heavy atom. The van der Waals surface area contributed by atoms with E-state index in [1.165, 1.54) is 16.7 Å². The van der Waals surface area contributed by atoms with Crippen LogP contribution < -0.4 is 0 Å². The van der Waals surface area contributed by atoms with Gasteiger partial charge in [-0.25, -0.2) is 4.68 Å². The van der Waals surface area contributed by atoms with Crippen molar-refractivity contribution in [1.82, 2.24) is 25.1 Å². The maximum absolute atomic E-state index is 12.0. The van der Waals surface area contributed by atoms with Crippen molar-refractivity contribution in [1.29, 1.82) is 0 Å². The van der Waals surface area contributed by atoms with E-state index in [9.17, 15) is 9.59 Å². The largest absolute Gasteiger partial charge is 0.481 e. The van der Waals surface area contributed by atoms with Gasteiger partial charge in [-0.15, -0.1) is 5.10 Å². The summed E-state index contributed by atoms with van der Waals surface area (Å²) in [5, 5.41) is 20.7. The Kier molecular flexibility index (Phi) is 4.94. The van der Waals surface area contributed by atoms with Gasteiger partial charge >= 0.3 is 5.97 Å². The summed E-state index contributed by atoms with van der Waals surface area (Å²) in [6.45, 7) is 2.57. The third kappa shape index (κ3) is 3.92. The van der Waals surface area contributed by atoms with E-state index in [4.69, 9.17) is 5.11 Å². The normalized spacial score (nSPS) is 14.2. The summed E-state index contributed by atoms with van der Waals surface area (Å²) < 4.78 is 1.76. The molecule has 8 nitrogen and oxygen atoms in total. The van der Waals surface area contributed by atoms with Crippen molar-refractivity contribution in [3.8, 4) is 0 Å². The SMILES string of the molecule is CCN(CCC(=O)O)C(=O)CSc1nnnn1C1CC1. The summed E-state index contributed by atoms with van der Waals surface area (Å²) in [6, 6.07) is 0.372.